The van der Waals surface area contributed by atoms with E-state index in [1.165, 1.54) is 12.4 Å². The highest BCUT2D eigenvalue weighted by atomic mass is 32.1. The molecule has 1 aromatic carbocycles. The van der Waals surface area contributed by atoms with Crippen LogP contribution in [0.25, 0.3) is 10.2 Å². The maximum Gasteiger partial charge on any atom is 0.393 e. The molecule has 2 saturated heterocycles. The minimum Gasteiger partial charge on any atom is -0.355 e. The highest BCUT2D eigenvalue weighted by Crippen LogP contribution is 2.43. The van der Waals surface area contributed by atoms with Crippen LogP contribution in [0.15, 0.2) is 30.6 Å². The van der Waals surface area contributed by atoms with Crippen molar-refractivity contribution in [3.05, 3.63) is 52.4 Å². The fourth-order valence-electron chi connectivity index (χ4n) is 5.20. The van der Waals surface area contributed by atoms with Crippen LogP contribution in [0.3, 0.4) is 0 Å². The van der Waals surface area contributed by atoms with Gasteiger partial charge in [0.2, 0.25) is 0 Å². The number of halogens is 4. The molecule has 2 fully saturated rings. The fraction of sp³-hybridized carbons (Fsp3) is 0.458. The van der Waals surface area contributed by atoms with Crippen LogP contribution in [0.1, 0.15) is 28.8 Å². The molecule has 2 aromatic heterocycles. The summed E-state index contributed by atoms with van der Waals surface area (Å²) in [4.78, 5) is 13.9. The molecule has 0 N–H and O–H groups in total. The molecule has 0 amide bonds. The molecular weight excluding hydrogens is 466 g/mol. The molecular formula is C24H23F4N5S. The van der Waals surface area contributed by atoms with Crippen molar-refractivity contribution in [2.24, 2.45) is 5.41 Å². The molecule has 0 bridgehead atoms. The number of aromatic nitrogens is 2. The summed E-state index contributed by atoms with van der Waals surface area (Å²) in [5.41, 5.74) is 1.36. The molecule has 0 saturated carbocycles. The van der Waals surface area contributed by atoms with Crippen LogP contribution in [0.2, 0.25) is 0 Å². The Morgan fingerprint density at radius 3 is 2.71 bits per heavy atom. The largest absolute Gasteiger partial charge is 0.393 e. The van der Waals surface area contributed by atoms with Gasteiger partial charge in [-0.2, -0.15) is 18.4 Å². The van der Waals surface area contributed by atoms with Crippen LogP contribution < -0.4 is 4.90 Å². The van der Waals surface area contributed by atoms with Gasteiger partial charge in [0, 0.05) is 42.0 Å². The maximum atomic E-state index is 14.5. The van der Waals surface area contributed by atoms with Gasteiger partial charge in [0.05, 0.1) is 24.3 Å². The van der Waals surface area contributed by atoms with Crippen LogP contribution in [-0.4, -0.2) is 47.2 Å². The molecule has 1 spiro atoms. The van der Waals surface area contributed by atoms with Gasteiger partial charge in [-0.15, -0.1) is 11.3 Å². The molecule has 1 unspecified atom stereocenters. The molecule has 1 atom stereocenters. The van der Waals surface area contributed by atoms with Crippen LogP contribution in [0.4, 0.5) is 23.4 Å². The zero-order chi connectivity index (χ0) is 23.9. The Balaban J connectivity index is 1.28. The second kappa shape index (κ2) is 8.78. The monoisotopic (exact) mass is 489 g/mol. The molecule has 3 aromatic rings. The Bertz CT molecular complexity index is 1250. The van der Waals surface area contributed by atoms with Crippen molar-refractivity contribution in [2.45, 2.75) is 38.4 Å². The van der Waals surface area contributed by atoms with E-state index < -0.39 is 12.6 Å². The first kappa shape index (κ1) is 23.0. The highest BCUT2D eigenvalue weighted by Gasteiger charge is 2.44. The van der Waals surface area contributed by atoms with E-state index in [-0.39, 0.29) is 22.5 Å². The van der Waals surface area contributed by atoms with Gasteiger partial charge in [-0.25, -0.2) is 14.4 Å². The zero-order valence-corrected chi connectivity index (χ0v) is 19.2. The third-order valence-electron chi connectivity index (χ3n) is 6.78. The normalized spacial score (nSPS) is 21.1. The number of anilines is 1. The van der Waals surface area contributed by atoms with Gasteiger partial charge < -0.3 is 4.90 Å². The third-order valence-corrected chi connectivity index (χ3v) is 7.83. The number of rotatable bonds is 5. The molecule has 34 heavy (non-hydrogen) atoms. The van der Waals surface area contributed by atoms with Gasteiger partial charge in [-0.3, -0.25) is 4.90 Å². The van der Waals surface area contributed by atoms with E-state index >= 15 is 0 Å². The average Bonchev–Trinajstić information content (AvgIpc) is 3.47. The topological polar surface area (TPSA) is 56.1 Å². The number of nitrogens with zero attached hydrogens (tertiary/aromatic N) is 5. The fourth-order valence-corrected chi connectivity index (χ4v) is 6.22. The summed E-state index contributed by atoms with van der Waals surface area (Å²) < 4.78 is 53.1. The third kappa shape index (κ3) is 4.72. The van der Waals surface area contributed by atoms with E-state index in [4.69, 9.17) is 5.26 Å². The van der Waals surface area contributed by atoms with Crippen LogP contribution in [-0.2, 0) is 19.4 Å². The van der Waals surface area contributed by atoms with E-state index in [9.17, 15) is 17.6 Å². The van der Waals surface area contributed by atoms with Gasteiger partial charge in [-0.05, 0) is 37.1 Å². The molecule has 10 heteroatoms. The molecule has 5 rings (SSSR count). The minimum absolute atomic E-state index is 0.0549. The lowest BCUT2D eigenvalue weighted by Gasteiger charge is -2.25. The second-order valence-corrected chi connectivity index (χ2v) is 10.4. The number of alkyl halides is 3. The van der Waals surface area contributed by atoms with Crippen molar-refractivity contribution in [2.75, 3.05) is 31.1 Å². The number of thiophene rings is 1. The van der Waals surface area contributed by atoms with Crippen LogP contribution >= 0.6 is 11.3 Å². The van der Waals surface area contributed by atoms with E-state index in [0.29, 0.717) is 33.7 Å². The van der Waals surface area contributed by atoms with E-state index in [2.05, 4.69) is 19.8 Å². The molecule has 5 nitrogen and oxygen atoms in total. The summed E-state index contributed by atoms with van der Waals surface area (Å²) in [6, 6.07) is 8.62. The number of benzene rings is 1. The Hall–Kier alpha value is -2.77. The maximum absolute atomic E-state index is 14.5. The van der Waals surface area contributed by atoms with Crippen molar-refractivity contribution in [1.82, 2.24) is 14.9 Å². The van der Waals surface area contributed by atoms with Crippen molar-refractivity contribution in [3.63, 3.8) is 0 Å². The predicted octanol–water partition coefficient (Wildman–Crippen LogP) is 5.10. The molecule has 2 aliphatic heterocycles. The first-order valence-electron chi connectivity index (χ1n) is 11.2. The first-order chi connectivity index (χ1) is 16.2. The van der Waals surface area contributed by atoms with Crippen molar-refractivity contribution in [1.29, 1.82) is 5.26 Å². The standard InChI is InChI=1S/C24H23F4N5S/c25-20-9-16(3-6-29)1-2-17(20)12-32-7-4-23(13-32)5-8-33(14-23)21-19-10-18(11-24(26,27)28)34-22(19)31-15-30-21/h1-2,9-10,15H,3-5,7-8,11-14H2. The lowest BCUT2D eigenvalue weighted by molar-refractivity contribution is -0.126. The zero-order valence-electron chi connectivity index (χ0n) is 18.4. The Kier molecular flexibility index (Phi) is 5.94. The highest BCUT2D eigenvalue weighted by molar-refractivity contribution is 7.18. The van der Waals surface area contributed by atoms with Crippen molar-refractivity contribution >= 4 is 27.4 Å². The summed E-state index contributed by atoms with van der Waals surface area (Å²) in [5, 5.41) is 9.48. The minimum atomic E-state index is -4.25. The van der Waals surface area contributed by atoms with Gasteiger partial charge in [-0.1, -0.05) is 12.1 Å². The van der Waals surface area contributed by atoms with E-state index in [1.807, 2.05) is 6.07 Å². The van der Waals surface area contributed by atoms with E-state index in [0.717, 1.165) is 50.4 Å². The number of hydrogen-bond donors (Lipinski definition) is 0. The molecule has 0 radical (unpaired) electrons. The molecule has 0 aliphatic carbocycles. The predicted molar refractivity (Wildman–Crippen MR) is 122 cm³/mol. The quantitative estimate of drug-likeness (QED) is 0.467. The molecule has 178 valence electrons. The van der Waals surface area contributed by atoms with Crippen LogP contribution in [0, 0.1) is 22.6 Å². The molecule has 2 aliphatic rings. The number of nitriles is 1. The van der Waals surface area contributed by atoms with Gasteiger partial charge in [0.25, 0.3) is 0 Å². The number of fused-ring (bicyclic) bond motifs is 1. The van der Waals surface area contributed by atoms with Crippen molar-refractivity contribution in [3.8, 4) is 6.07 Å². The SMILES string of the molecule is N#CCc1ccc(CN2CCC3(CCN(c4ncnc5sc(CC(F)(F)F)cc45)C3)C2)c(F)c1. The number of hydrogen-bond acceptors (Lipinski definition) is 6. The van der Waals surface area contributed by atoms with Gasteiger partial charge >= 0.3 is 6.18 Å². The molecule has 4 heterocycles. The summed E-state index contributed by atoms with van der Waals surface area (Å²) in [7, 11) is 0. The number of likely N-dealkylation sites (tertiary alicyclic amines) is 1. The van der Waals surface area contributed by atoms with Crippen LogP contribution in [0.5, 0.6) is 0 Å². The second-order valence-electron chi connectivity index (χ2n) is 9.31. The van der Waals surface area contributed by atoms with Crippen molar-refractivity contribution < 1.29 is 17.6 Å². The smallest absolute Gasteiger partial charge is 0.355 e. The Labute approximate surface area is 198 Å². The summed E-state index contributed by atoms with van der Waals surface area (Å²) in [6.45, 7) is 3.76. The Morgan fingerprint density at radius 1 is 1.12 bits per heavy atom. The Morgan fingerprint density at radius 2 is 1.94 bits per heavy atom. The van der Waals surface area contributed by atoms with E-state index in [1.54, 1.807) is 18.2 Å². The summed E-state index contributed by atoms with van der Waals surface area (Å²) in [5.74, 6) is 0.418. The van der Waals surface area contributed by atoms with Gasteiger partial charge in [0.15, 0.2) is 0 Å². The first-order valence-corrected chi connectivity index (χ1v) is 12.0. The lowest BCUT2D eigenvalue weighted by atomic mass is 9.86. The summed E-state index contributed by atoms with van der Waals surface area (Å²) in [6.07, 6.45) is -1.66. The van der Waals surface area contributed by atoms with Gasteiger partial charge in [0.1, 0.15) is 22.8 Å². The summed E-state index contributed by atoms with van der Waals surface area (Å²) >= 11 is 1.07. The lowest BCUT2D eigenvalue weighted by Crippen LogP contribution is -2.31. The average molecular weight is 490 g/mol.